The van der Waals surface area contributed by atoms with Crippen LogP contribution in [0, 0.1) is 5.41 Å². The van der Waals surface area contributed by atoms with Crippen molar-refractivity contribution in [1.29, 1.82) is 0 Å². The molecule has 0 heterocycles. The van der Waals surface area contributed by atoms with Gasteiger partial charge in [0.1, 0.15) is 5.78 Å². The Balaban J connectivity index is 3.10. The zero-order valence-electron chi connectivity index (χ0n) is 8.98. The average molecular weight is 178 g/mol. The Morgan fingerprint density at radius 1 is 1.38 bits per heavy atom. The van der Waals surface area contributed by atoms with Crippen LogP contribution in [-0.2, 0) is 4.79 Å². The molecule has 0 N–H and O–H groups in total. The van der Waals surface area contributed by atoms with Gasteiger partial charge in [-0.15, -0.1) is 0 Å². The van der Waals surface area contributed by atoms with E-state index in [1.807, 2.05) is 6.92 Å². The maximum Gasteiger partial charge on any atom is 0.137 e. The van der Waals surface area contributed by atoms with Crippen molar-refractivity contribution >= 4 is 5.78 Å². The minimum Gasteiger partial charge on any atom is -0.299 e. The second kappa shape index (κ2) is 3.49. The number of carbonyl (C=O) groups is 1. The molecule has 1 rings (SSSR count). The molecule has 1 aliphatic carbocycles. The van der Waals surface area contributed by atoms with Gasteiger partial charge in [0, 0.05) is 12.8 Å². The summed E-state index contributed by atoms with van der Waals surface area (Å²) in [6, 6.07) is 0. The normalized spacial score (nSPS) is 22.9. The van der Waals surface area contributed by atoms with E-state index in [0.717, 1.165) is 0 Å². The summed E-state index contributed by atoms with van der Waals surface area (Å²) in [7, 11) is 0. The first-order valence-corrected chi connectivity index (χ1v) is 4.82. The number of hydrogen-bond donors (Lipinski definition) is 0. The van der Waals surface area contributed by atoms with Gasteiger partial charge in [-0.25, -0.2) is 0 Å². The van der Waals surface area contributed by atoms with Crippen molar-refractivity contribution in [2.75, 3.05) is 0 Å². The molecule has 0 saturated carbocycles. The topological polar surface area (TPSA) is 17.1 Å². The third-order valence-electron chi connectivity index (χ3n) is 2.62. The highest BCUT2D eigenvalue weighted by molar-refractivity contribution is 5.84. The van der Waals surface area contributed by atoms with Crippen molar-refractivity contribution in [3.8, 4) is 0 Å². The molecule has 0 fully saturated rings. The summed E-state index contributed by atoms with van der Waals surface area (Å²) in [5, 5.41) is 0. The van der Waals surface area contributed by atoms with Crippen LogP contribution in [0.2, 0.25) is 0 Å². The third-order valence-corrected chi connectivity index (χ3v) is 2.62. The second-order valence-corrected chi connectivity index (χ2v) is 4.47. The fourth-order valence-electron chi connectivity index (χ4n) is 2.15. The molecule has 0 aromatic carbocycles. The van der Waals surface area contributed by atoms with E-state index in [2.05, 4.69) is 32.9 Å². The highest BCUT2D eigenvalue weighted by Gasteiger charge is 2.30. The first kappa shape index (κ1) is 10.2. The molecule has 0 saturated heterocycles. The van der Waals surface area contributed by atoms with E-state index in [1.165, 1.54) is 11.1 Å². The van der Waals surface area contributed by atoms with E-state index < -0.39 is 0 Å². The predicted molar refractivity (Wildman–Crippen MR) is 55.5 cm³/mol. The van der Waals surface area contributed by atoms with Crippen LogP contribution in [0.4, 0.5) is 0 Å². The minimum atomic E-state index is 0.0337. The molecule has 0 aliphatic heterocycles. The standard InChI is InChI=1S/C12H18O/c1-5-6-11-9(2)7-10(13)8-12(11,3)4/h5-6H,7-8H2,1-4H3/b6-5+. The van der Waals surface area contributed by atoms with Crippen molar-refractivity contribution < 1.29 is 4.79 Å². The van der Waals surface area contributed by atoms with Crippen molar-refractivity contribution in [2.45, 2.75) is 40.5 Å². The van der Waals surface area contributed by atoms with Gasteiger partial charge in [-0.1, -0.05) is 31.6 Å². The molecule has 0 bridgehead atoms. The molecule has 0 aromatic rings. The lowest BCUT2D eigenvalue weighted by molar-refractivity contribution is -0.120. The summed E-state index contributed by atoms with van der Waals surface area (Å²) in [5.74, 6) is 0.371. The van der Waals surface area contributed by atoms with Crippen LogP contribution in [0.15, 0.2) is 23.3 Å². The van der Waals surface area contributed by atoms with Gasteiger partial charge in [0.15, 0.2) is 0 Å². The molecule has 0 aromatic heterocycles. The molecule has 0 radical (unpaired) electrons. The molecule has 0 amide bonds. The Bertz CT molecular complexity index is 279. The number of ketones is 1. The summed E-state index contributed by atoms with van der Waals surface area (Å²) in [6.07, 6.45) is 5.52. The third kappa shape index (κ3) is 2.09. The summed E-state index contributed by atoms with van der Waals surface area (Å²) in [6.45, 7) is 8.37. The maximum atomic E-state index is 11.4. The molecule has 0 atom stereocenters. The zero-order chi connectivity index (χ0) is 10.1. The van der Waals surface area contributed by atoms with Crippen LogP contribution < -0.4 is 0 Å². The summed E-state index contributed by atoms with van der Waals surface area (Å²) in [5.41, 5.74) is 2.61. The molecule has 1 heteroatoms. The zero-order valence-corrected chi connectivity index (χ0v) is 8.98. The molecular weight excluding hydrogens is 160 g/mol. The van der Waals surface area contributed by atoms with E-state index >= 15 is 0 Å². The van der Waals surface area contributed by atoms with Crippen LogP contribution in [0.25, 0.3) is 0 Å². The van der Waals surface area contributed by atoms with Gasteiger partial charge in [-0.2, -0.15) is 0 Å². The molecular formula is C12H18O. The average Bonchev–Trinajstić information content (AvgIpc) is 1.95. The largest absolute Gasteiger partial charge is 0.299 e. The van der Waals surface area contributed by atoms with Gasteiger partial charge in [0.2, 0.25) is 0 Å². The Morgan fingerprint density at radius 2 is 2.00 bits per heavy atom. The highest BCUT2D eigenvalue weighted by atomic mass is 16.1. The van der Waals surface area contributed by atoms with E-state index in [-0.39, 0.29) is 5.41 Å². The van der Waals surface area contributed by atoms with Crippen LogP contribution in [0.1, 0.15) is 40.5 Å². The minimum absolute atomic E-state index is 0.0337. The molecule has 0 spiro atoms. The van der Waals surface area contributed by atoms with Crippen LogP contribution in [0.3, 0.4) is 0 Å². The van der Waals surface area contributed by atoms with Crippen molar-refractivity contribution in [3.63, 3.8) is 0 Å². The van der Waals surface area contributed by atoms with E-state index in [1.54, 1.807) is 0 Å². The fourth-order valence-corrected chi connectivity index (χ4v) is 2.15. The quantitative estimate of drug-likeness (QED) is 0.602. The molecule has 1 nitrogen and oxygen atoms in total. The smallest absolute Gasteiger partial charge is 0.137 e. The highest BCUT2D eigenvalue weighted by Crippen LogP contribution is 2.39. The maximum absolute atomic E-state index is 11.4. The van der Waals surface area contributed by atoms with Crippen molar-refractivity contribution in [3.05, 3.63) is 23.3 Å². The Labute approximate surface area is 80.5 Å². The number of allylic oxidation sites excluding steroid dienone is 4. The van der Waals surface area contributed by atoms with Crippen LogP contribution in [-0.4, -0.2) is 5.78 Å². The van der Waals surface area contributed by atoms with Crippen LogP contribution in [0.5, 0.6) is 0 Å². The van der Waals surface area contributed by atoms with Gasteiger partial charge in [0.05, 0.1) is 0 Å². The van der Waals surface area contributed by atoms with Gasteiger partial charge in [-0.05, 0) is 24.8 Å². The molecule has 0 unspecified atom stereocenters. The number of carbonyl (C=O) groups excluding carboxylic acids is 1. The molecule has 13 heavy (non-hydrogen) atoms. The van der Waals surface area contributed by atoms with Gasteiger partial charge < -0.3 is 0 Å². The van der Waals surface area contributed by atoms with Gasteiger partial charge >= 0.3 is 0 Å². The SMILES string of the molecule is C/C=C/C1=C(C)CC(=O)CC1(C)C. The first-order valence-electron chi connectivity index (χ1n) is 4.82. The van der Waals surface area contributed by atoms with Gasteiger partial charge in [-0.3, -0.25) is 4.79 Å². The van der Waals surface area contributed by atoms with Crippen LogP contribution >= 0.6 is 0 Å². The fraction of sp³-hybridized carbons (Fsp3) is 0.583. The predicted octanol–water partition coefficient (Wildman–Crippen LogP) is 3.27. The molecule has 1 aliphatic rings. The molecule has 72 valence electrons. The summed E-state index contributed by atoms with van der Waals surface area (Å²) >= 11 is 0. The number of hydrogen-bond acceptors (Lipinski definition) is 1. The first-order chi connectivity index (χ1) is 5.97. The Kier molecular flexibility index (Phi) is 2.74. The summed E-state index contributed by atoms with van der Waals surface area (Å²) in [4.78, 5) is 11.4. The lowest BCUT2D eigenvalue weighted by atomic mass is 9.72. The lowest BCUT2D eigenvalue weighted by Gasteiger charge is -2.31. The van der Waals surface area contributed by atoms with E-state index in [0.29, 0.717) is 18.6 Å². The van der Waals surface area contributed by atoms with Gasteiger partial charge in [0.25, 0.3) is 0 Å². The number of rotatable bonds is 1. The Morgan fingerprint density at radius 3 is 2.46 bits per heavy atom. The second-order valence-electron chi connectivity index (χ2n) is 4.47. The summed E-state index contributed by atoms with van der Waals surface area (Å²) < 4.78 is 0. The van der Waals surface area contributed by atoms with E-state index in [9.17, 15) is 4.79 Å². The van der Waals surface area contributed by atoms with Crippen molar-refractivity contribution in [1.82, 2.24) is 0 Å². The van der Waals surface area contributed by atoms with Crippen molar-refractivity contribution in [2.24, 2.45) is 5.41 Å². The lowest BCUT2D eigenvalue weighted by Crippen LogP contribution is -2.25. The Hall–Kier alpha value is -0.850. The van der Waals surface area contributed by atoms with E-state index in [4.69, 9.17) is 0 Å². The number of Topliss-reactive ketones (excluding diaryl/α,β-unsaturated/α-hetero) is 1. The monoisotopic (exact) mass is 178 g/mol.